The molecule has 0 radical (unpaired) electrons. The summed E-state index contributed by atoms with van der Waals surface area (Å²) in [5, 5.41) is 27.5. The largest absolute Gasteiger partial charge is 0.394 e. The summed E-state index contributed by atoms with van der Waals surface area (Å²) in [6.45, 7) is 1.34. The van der Waals surface area contributed by atoms with Crippen LogP contribution in [0.15, 0.2) is 0 Å². The van der Waals surface area contributed by atoms with Crippen LogP contribution in [0.2, 0.25) is 0 Å². The van der Waals surface area contributed by atoms with Crippen LogP contribution in [0.3, 0.4) is 0 Å². The first-order valence-corrected chi connectivity index (χ1v) is 4.27. The first kappa shape index (κ1) is 10.9. The van der Waals surface area contributed by atoms with E-state index in [1.807, 2.05) is 0 Å². The molecule has 5 unspecified atom stereocenters. The highest BCUT2D eigenvalue weighted by Gasteiger charge is 2.44. The van der Waals surface area contributed by atoms with Crippen molar-refractivity contribution in [3.63, 3.8) is 0 Å². The van der Waals surface area contributed by atoms with Gasteiger partial charge in [0.15, 0.2) is 6.29 Å². The van der Waals surface area contributed by atoms with Gasteiger partial charge in [-0.15, -0.1) is 0 Å². The fraction of sp³-hybridized carbons (Fsp3) is 1.00. The smallest absolute Gasteiger partial charge is 0.162 e. The van der Waals surface area contributed by atoms with Crippen LogP contribution in [-0.2, 0) is 9.47 Å². The molecule has 1 aliphatic heterocycles. The lowest BCUT2D eigenvalue weighted by Crippen LogP contribution is -2.38. The van der Waals surface area contributed by atoms with Crippen molar-refractivity contribution in [2.45, 2.75) is 31.5 Å². The van der Waals surface area contributed by atoms with Crippen molar-refractivity contribution in [2.75, 3.05) is 13.7 Å². The van der Waals surface area contributed by atoms with Crippen LogP contribution in [0.5, 0.6) is 0 Å². The first-order valence-electron chi connectivity index (χ1n) is 4.27. The Morgan fingerprint density at radius 1 is 1.54 bits per heavy atom. The van der Waals surface area contributed by atoms with Crippen molar-refractivity contribution in [3.8, 4) is 0 Å². The Bertz CT molecular complexity index is 163. The van der Waals surface area contributed by atoms with Crippen LogP contribution >= 0.6 is 0 Å². The Morgan fingerprint density at radius 2 is 2.15 bits per heavy atom. The van der Waals surface area contributed by atoms with Gasteiger partial charge in [0.2, 0.25) is 0 Å². The highest BCUT2D eigenvalue weighted by molar-refractivity contribution is 4.88. The van der Waals surface area contributed by atoms with Crippen molar-refractivity contribution in [1.29, 1.82) is 0 Å². The number of hydrogen-bond acceptors (Lipinski definition) is 5. The lowest BCUT2D eigenvalue weighted by molar-refractivity contribution is -0.156. The average molecular weight is 192 g/mol. The second kappa shape index (κ2) is 4.34. The maximum atomic E-state index is 9.58. The van der Waals surface area contributed by atoms with Crippen molar-refractivity contribution in [3.05, 3.63) is 0 Å². The van der Waals surface area contributed by atoms with E-state index in [0.717, 1.165) is 0 Å². The molecule has 1 fully saturated rings. The van der Waals surface area contributed by atoms with E-state index >= 15 is 0 Å². The van der Waals surface area contributed by atoms with Crippen molar-refractivity contribution < 1.29 is 24.8 Å². The van der Waals surface area contributed by atoms with Crippen LogP contribution in [-0.4, -0.2) is 53.6 Å². The summed E-state index contributed by atoms with van der Waals surface area (Å²) < 4.78 is 10.1. The zero-order valence-corrected chi connectivity index (χ0v) is 7.75. The average Bonchev–Trinajstić information content (AvgIpc) is 2.43. The number of ether oxygens (including phenoxy) is 2. The predicted molar refractivity (Wildman–Crippen MR) is 43.9 cm³/mol. The molecule has 3 N–H and O–H groups in total. The van der Waals surface area contributed by atoms with Gasteiger partial charge in [-0.25, -0.2) is 0 Å². The molecule has 78 valence electrons. The third kappa shape index (κ3) is 2.00. The maximum Gasteiger partial charge on any atom is 0.162 e. The van der Waals surface area contributed by atoms with Gasteiger partial charge >= 0.3 is 0 Å². The Balaban J connectivity index is 2.60. The van der Waals surface area contributed by atoms with E-state index in [9.17, 15) is 10.2 Å². The lowest BCUT2D eigenvalue weighted by Gasteiger charge is -2.18. The van der Waals surface area contributed by atoms with Gasteiger partial charge in [-0.1, -0.05) is 6.92 Å². The number of aliphatic hydroxyl groups excluding tert-OH is 3. The molecule has 0 bridgehead atoms. The first-order chi connectivity index (χ1) is 6.11. The maximum absolute atomic E-state index is 9.58. The Hall–Kier alpha value is -0.200. The molecule has 1 aliphatic rings. The molecule has 0 aromatic heterocycles. The van der Waals surface area contributed by atoms with Gasteiger partial charge in [0.25, 0.3) is 0 Å². The van der Waals surface area contributed by atoms with Crippen molar-refractivity contribution >= 4 is 0 Å². The van der Waals surface area contributed by atoms with Gasteiger partial charge in [0, 0.05) is 13.0 Å². The number of hydrogen-bond donors (Lipinski definition) is 3. The number of rotatable bonds is 3. The Labute approximate surface area is 76.9 Å². The van der Waals surface area contributed by atoms with Gasteiger partial charge < -0.3 is 24.8 Å². The van der Waals surface area contributed by atoms with Crippen molar-refractivity contribution in [2.24, 2.45) is 5.92 Å². The van der Waals surface area contributed by atoms with E-state index in [4.69, 9.17) is 14.6 Å². The zero-order chi connectivity index (χ0) is 10.0. The lowest BCUT2D eigenvalue weighted by atomic mass is 10.00. The minimum atomic E-state index is -1.06. The van der Waals surface area contributed by atoms with Gasteiger partial charge in [-0.05, 0) is 0 Å². The number of aliphatic hydroxyl groups is 3. The molecule has 0 saturated carbocycles. The summed E-state index contributed by atoms with van der Waals surface area (Å²) in [6.07, 6.45) is -3.13. The van der Waals surface area contributed by atoms with E-state index < -0.39 is 31.2 Å². The van der Waals surface area contributed by atoms with E-state index in [0.29, 0.717) is 0 Å². The molecule has 0 aliphatic carbocycles. The number of methoxy groups -OCH3 is 1. The summed E-state index contributed by atoms with van der Waals surface area (Å²) in [7, 11) is 1.47. The molecule has 1 rings (SSSR count). The predicted octanol–water partition coefficient (Wildman–Crippen LogP) is -1.29. The molecule has 13 heavy (non-hydrogen) atoms. The van der Waals surface area contributed by atoms with Gasteiger partial charge in [-0.3, -0.25) is 0 Å². The highest BCUT2D eigenvalue weighted by atomic mass is 16.7. The van der Waals surface area contributed by atoms with Crippen LogP contribution in [0.4, 0.5) is 0 Å². The van der Waals surface area contributed by atoms with Crippen LogP contribution < -0.4 is 0 Å². The second-order valence-electron chi connectivity index (χ2n) is 3.30. The van der Waals surface area contributed by atoms with Gasteiger partial charge in [0.05, 0.1) is 12.7 Å². The Morgan fingerprint density at radius 3 is 2.54 bits per heavy atom. The van der Waals surface area contributed by atoms with Gasteiger partial charge in [0.1, 0.15) is 12.2 Å². The molecule has 5 nitrogen and oxygen atoms in total. The Kier molecular flexibility index (Phi) is 3.63. The molecule has 1 heterocycles. The normalized spacial score (nSPS) is 42.2. The van der Waals surface area contributed by atoms with E-state index in [1.54, 1.807) is 6.92 Å². The zero-order valence-electron chi connectivity index (χ0n) is 7.75. The fourth-order valence-corrected chi connectivity index (χ4v) is 1.51. The molecule has 0 spiro atoms. The molecule has 1 saturated heterocycles. The summed E-state index contributed by atoms with van der Waals surface area (Å²) in [5.41, 5.74) is 0. The van der Waals surface area contributed by atoms with Crippen molar-refractivity contribution in [1.82, 2.24) is 0 Å². The molecule has 5 heteroatoms. The topological polar surface area (TPSA) is 79.2 Å². The summed E-state index contributed by atoms with van der Waals surface area (Å²) >= 11 is 0. The minimum absolute atomic E-state index is 0.198. The molecular formula is C8H16O5. The van der Waals surface area contributed by atoms with Gasteiger partial charge in [-0.2, -0.15) is 0 Å². The molecule has 5 atom stereocenters. The monoisotopic (exact) mass is 192 g/mol. The van der Waals surface area contributed by atoms with E-state index in [-0.39, 0.29) is 5.92 Å². The third-order valence-electron chi connectivity index (χ3n) is 2.39. The summed E-state index contributed by atoms with van der Waals surface area (Å²) in [6, 6.07) is 0. The van der Waals surface area contributed by atoms with Crippen LogP contribution in [0.25, 0.3) is 0 Å². The highest BCUT2D eigenvalue weighted by Crippen LogP contribution is 2.28. The summed E-state index contributed by atoms with van der Waals surface area (Å²) in [5.74, 6) is -0.198. The fourth-order valence-electron chi connectivity index (χ4n) is 1.51. The van der Waals surface area contributed by atoms with E-state index in [2.05, 4.69) is 0 Å². The van der Waals surface area contributed by atoms with E-state index in [1.165, 1.54) is 7.11 Å². The molecule has 0 aromatic carbocycles. The quantitative estimate of drug-likeness (QED) is 0.518. The standard InChI is InChI=1S/C8H16O5/c1-4-6(11)7(5(10)3-9)13-8(4)12-2/h4-11H,3H2,1-2H3. The SMILES string of the molecule is COC1OC(C(O)CO)C(O)C1C. The molecular weight excluding hydrogens is 176 g/mol. The molecule has 0 amide bonds. The van der Waals surface area contributed by atoms with Crippen LogP contribution in [0, 0.1) is 5.92 Å². The third-order valence-corrected chi connectivity index (χ3v) is 2.39. The second-order valence-corrected chi connectivity index (χ2v) is 3.30. The van der Waals surface area contributed by atoms with Crippen LogP contribution in [0.1, 0.15) is 6.92 Å². The molecule has 0 aromatic rings. The summed E-state index contributed by atoms with van der Waals surface area (Å²) in [4.78, 5) is 0. The minimum Gasteiger partial charge on any atom is -0.394 e.